The number of nitro benzene ring substituents is 1. The zero-order chi connectivity index (χ0) is 24.3. The Balaban J connectivity index is 2.02. The van der Waals surface area contributed by atoms with Crippen molar-refractivity contribution in [2.45, 2.75) is 12.7 Å². The third-order valence-electron chi connectivity index (χ3n) is 5.57. The summed E-state index contributed by atoms with van der Waals surface area (Å²) in [5, 5.41) is 27.0. The van der Waals surface area contributed by atoms with Gasteiger partial charge in [0.05, 0.1) is 4.92 Å². The second-order valence-electron chi connectivity index (χ2n) is 7.86. The van der Waals surface area contributed by atoms with Gasteiger partial charge in [-0.25, -0.2) is 0 Å². The Bertz CT molecular complexity index is 1340. The first-order valence-corrected chi connectivity index (χ1v) is 13.1. The monoisotopic (exact) mass is 536 g/mol. The first-order valence-electron chi connectivity index (χ1n) is 10.5. The molecule has 4 aromatic carbocycles. The van der Waals surface area contributed by atoms with Gasteiger partial charge in [0.25, 0.3) is 5.69 Å². The lowest BCUT2D eigenvalue weighted by molar-refractivity contribution is -0.384. The number of hydrogen-bond donors (Lipinski definition) is 2. The molecule has 0 fully saturated rings. The summed E-state index contributed by atoms with van der Waals surface area (Å²) in [7, 11) is -3.54. The van der Waals surface area contributed by atoms with Gasteiger partial charge in [-0.05, 0) is 36.8 Å². The van der Waals surface area contributed by atoms with Crippen LogP contribution in [-0.2, 0) is 4.57 Å². The summed E-state index contributed by atoms with van der Waals surface area (Å²) in [6, 6.07) is 27.7. The van der Waals surface area contributed by atoms with Crippen LogP contribution in [0.1, 0.15) is 16.9 Å². The van der Waals surface area contributed by atoms with Crippen LogP contribution in [0.5, 0.6) is 5.75 Å². The van der Waals surface area contributed by atoms with Crippen molar-refractivity contribution < 1.29 is 14.6 Å². The number of nitro groups is 1. The molecule has 0 aliphatic carbocycles. The predicted molar refractivity (Wildman–Crippen MR) is 140 cm³/mol. The van der Waals surface area contributed by atoms with Crippen molar-refractivity contribution in [1.29, 1.82) is 0 Å². The summed E-state index contributed by atoms with van der Waals surface area (Å²) >= 11 is 3.44. The van der Waals surface area contributed by atoms with Crippen LogP contribution < -0.4 is 15.9 Å². The highest BCUT2D eigenvalue weighted by molar-refractivity contribution is 9.10. The van der Waals surface area contributed by atoms with E-state index in [0.717, 1.165) is 5.56 Å². The number of anilines is 1. The molecule has 1 atom stereocenters. The molecule has 6 nitrogen and oxygen atoms in total. The Kier molecular flexibility index (Phi) is 6.87. The maximum absolute atomic E-state index is 15.2. The highest BCUT2D eigenvalue weighted by Gasteiger charge is 2.40. The SMILES string of the molecule is Cc1ccc(N[C@@H](c2cc(Br)ccc2O)P(=O)(c2ccccc2)c2ccccc2)c([N+](=O)[O-])c1. The largest absolute Gasteiger partial charge is 0.508 e. The molecule has 0 aromatic heterocycles. The number of halogens is 1. The Morgan fingerprint density at radius 2 is 1.50 bits per heavy atom. The van der Waals surface area contributed by atoms with Gasteiger partial charge < -0.3 is 15.0 Å². The van der Waals surface area contributed by atoms with Crippen molar-refractivity contribution in [3.05, 3.63) is 123 Å². The lowest BCUT2D eigenvalue weighted by Gasteiger charge is -2.31. The predicted octanol–water partition coefficient (Wildman–Crippen LogP) is 6.50. The normalized spacial score (nSPS) is 12.2. The number of phenols is 1. The summed E-state index contributed by atoms with van der Waals surface area (Å²) in [4.78, 5) is 11.4. The van der Waals surface area contributed by atoms with E-state index in [1.807, 2.05) is 12.1 Å². The van der Waals surface area contributed by atoms with Crippen molar-refractivity contribution >= 4 is 45.1 Å². The third kappa shape index (κ3) is 4.63. The first-order chi connectivity index (χ1) is 16.3. The summed E-state index contributed by atoms with van der Waals surface area (Å²) in [6.45, 7) is 1.77. The molecule has 4 rings (SSSR count). The number of aromatic hydroxyl groups is 1. The van der Waals surface area contributed by atoms with E-state index < -0.39 is 17.8 Å². The fourth-order valence-electron chi connectivity index (χ4n) is 3.92. The van der Waals surface area contributed by atoms with E-state index in [4.69, 9.17) is 0 Å². The minimum absolute atomic E-state index is 0.0671. The van der Waals surface area contributed by atoms with Gasteiger partial charge in [-0.3, -0.25) is 10.1 Å². The Morgan fingerprint density at radius 3 is 2.06 bits per heavy atom. The van der Waals surface area contributed by atoms with Gasteiger partial charge in [-0.15, -0.1) is 0 Å². The second-order valence-corrected chi connectivity index (χ2v) is 11.6. The van der Waals surface area contributed by atoms with Crippen LogP contribution in [0.25, 0.3) is 0 Å². The van der Waals surface area contributed by atoms with E-state index in [1.165, 1.54) is 12.1 Å². The van der Waals surface area contributed by atoms with Crippen LogP contribution in [0.2, 0.25) is 0 Å². The molecule has 0 aliphatic heterocycles. The highest BCUT2D eigenvalue weighted by atomic mass is 79.9. The summed E-state index contributed by atoms with van der Waals surface area (Å²) < 4.78 is 15.9. The van der Waals surface area contributed by atoms with Gasteiger partial charge in [0.15, 0.2) is 7.14 Å². The molecule has 0 aliphatic rings. The molecule has 34 heavy (non-hydrogen) atoms. The summed E-state index contributed by atoms with van der Waals surface area (Å²) in [5.74, 6) is -1.06. The highest BCUT2D eigenvalue weighted by Crippen LogP contribution is 2.59. The fraction of sp³-hybridized carbons (Fsp3) is 0.0769. The van der Waals surface area contributed by atoms with E-state index in [2.05, 4.69) is 21.2 Å². The number of benzene rings is 4. The smallest absolute Gasteiger partial charge is 0.292 e. The van der Waals surface area contributed by atoms with Crippen LogP contribution >= 0.6 is 23.1 Å². The van der Waals surface area contributed by atoms with Crippen LogP contribution in [0.3, 0.4) is 0 Å². The molecule has 0 bridgehead atoms. The number of nitrogens with zero attached hydrogens (tertiary/aromatic N) is 1. The lowest BCUT2D eigenvalue weighted by atomic mass is 10.1. The van der Waals surface area contributed by atoms with E-state index in [1.54, 1.807) is 79.7 Å². The molecule has 0 radical (unpaired) electrons. The van der Waals surface area contributed by atoms with Crippen LogP contribution in [0.15, 0.2) is 102 Å². The Morgan fingerprint density at radius 1 is 0.912 bits per heavy atom. The topological polar surface area (TPSA) is 92.5 Å². The van der Waals surface area contributed by atoms with Crippen LogP contribution in [-0.4, -0.2) is 10.0 Å². The maximum atomic E-state index is 15.2. The summed E-state index contributed by atoms with van der Waals surface area (Å²) in [6.07, 6.45) is 0. The molecule has 8 heteroatoms. The van der Waals surface area contributed by atoms with E-state index in [9.17, 15) is 15.2 Å². The molecule has 0 spiro atoms. The first kappa shape index (κ1) is 23.7. The Hall–Kier alpha value is -3.41. The molecule has 0 saturated heterocycles. The number of phenolic OH excluding ortho intramolecular Hbond substituents is 1. The van der Waals surface area contributed by atoms with Crippen LogP contribution in [0, 0.1) is 17.0 Å². The molecule has 172 valence electrons. The Labute approximate surface area is 205 Å². The van der Waals surface area contributed by atoms with Crippen LogP contribution in [0.4, 0.5) is 11.4 Å². The molecule has 4 aromatic rings. The van der Waals surface area contributed by atoms with Crippen molar-refractivity contribution in [3.63, 3.8) is 0 Å². The van der Waals surface area contributed by atoms with Crippen molar-refractivity contribution in [2.24, 2.45) is 0 Å². The molecule has 0 amide bonds. The second kappa shape index (κ2) is 9.84. The molecule has 2 N–H and O–H groups in total. The van der Waals surface area contributed by atoms with Crippen molar-refractivity contribution in [2.75, 3.05) is 5.32 Å². The average molecular weight is 537 g/mol. The van der Waals surface area contributed by atoms with Gasteiger partial charge >= 0.3 is 0 Å². The van der Waals surface area contributed by atoms with Gasteiger partial charge in [0.1, 0.15) is 17.2 Å². The lowest BCUT2D eigenvalue weighted by Crippen LogP contribution is -2.26. The molecular formula is C26H22BrN2O4P. The van der Waals surface area contributed by atoms with E-state index >= 15 is 4.57 Å². The molecule has 0 saturated carbocycles. The number of nitrogens with one attached hydrogen (secondary N) is 1. The number of hydrogen-bond acceptors (Lipinski definition) is 5. The summed E-state index contributed by atoms with van der Waals surface area (Å²) in [5.41, 5.74) is 1.17. The zero-order valence-corrected chi connectivity index (χ0v) is 20.7. The van der Waals surface area contributed by atoms with Gasteiger partial charge in [-0.1, -0.05) is 82.7 Å². The molecule has 0 unspecified atom stereocenters. The molecular weight excluding hydrogens is 515 g/mol. The third-order valence-corrected chi connectivity index (χ3v) is 9.33. The molecule has 0 heterocycles. The van der Waals surface area contributed by atoms with Crippen molar-refractivity contribution in [1.82, 2.24) is 0 Å². The quantitative estimate of drug-likeness (QED) is 0.160. The average Bonchev–Trinajstić information content (AvgIpc) is 2.85. The standard InChI is InChI=1S/C26H22BrN2O4P/c1-18-12-14-23(24(16-18)29(31)32)28-26(22-17-19(27)13-15-25(22)30)34(33,20-8-4-2-5-9-20)21-10-6-3-7-11-21/h2-17,26,28,30H,1H3/t26-/m1/s1. The van der Waals surface area contributed by atoms with E-state index in [-0.39, 0.29) is 17.1 Å². The van der Waals surface area contributed by atoms with Gasteiger partial charge in [0, 0.05) is 26.7 Å². The maximum Gasteiger partial charge on any atom is 0.292 e. The zero-order valence-electron chi connectivity index (χ0n) is 18.3. The van der Waals surface area contributed by atoms with Crippen molar-refractivity contribution in [3.8, 4) is 5.75 Å². The minimum Gasteiger partial charge on any atom is -0.508 e. The number of rotatable bonds is 7. The minimum atomic E-state index is -3.54. The fourth-order valence-corrected chi connectivity index (χ4v) is 7.34. The van der Waals surface area contributed by atoms with Gasteiger partial charge in [0.2, 0.25) is 0 Å². The van der Waals surface area contributed by atoms with Gasteiger partial charge in [-0.2, -0.15) is 0 Å². The van der Waals surface area contributed by atoms with E-state index in [0.29, 0.717) is 20.6 Å². The number of aryl methyl sites for hydroxylation is 1.